The summed E-state index contributed by atoms with van der Waals surface area (Å²) < 4.78 is 10.8. The summed E-state index contributed by atoms with van der Waals surface area (Å²) in [5, 5.41) is 2.89. The van der Waals surface area contributed by atoms with E-state index in [4.69, 9.17) is 15.2 Å². The number of ether oxygens (including phenoxy) is 2. The average Bonchev–Trinajstić information content (AvgIpc) is 3.36. The fraction of sp³-hybridized carbons (Fsp3) is 0.438. The van der Waals surface area contributed by atoms with Crippen molar-refractivity contribution in [3.63, 3.8) is 0 Å². The maximum atomic E-state index is 12.2. The van der Waals surface area contributed by atoms with E-state index in [0.29, 0.717) is 18.0 Å². The molecule has 1 amide bonds. The van der Waals surface area contributed by atoms with Crippen LogP contribution in [0, 0.1) is 5.92 Å². The van der Waals surface area contributed by atoms with Crippen LogP contribution in [0.1, 0.15) is 18.4 Å². The van der Waals surface area contributed by atoms with Crippen molar-refractivity contribution in [1.82, 2.24) is 5.32 Å². The lowest BCUT2D eigenvalue weighted by Gasteiger charge is -2.19. The number of hydrogen-bond donors (Lipinski definition) is 2. The molecule has 0 spiro atoms. The van der Waals surface area contributed by atoms with Gasteiger partial charge in [-0.2, -0.15) is 0 Å². The molecule has 6 heteroatoms. The zero-order valence-electron chi connectivity index (χ0n) is 12.5. The van der Waals surface area contributed by atoms with Gasteiger partial charge in [-0.25, -0.2) is 0 Å². The lowest BCUT2D eigenvalue weighted by Crippen LogP contribution is -2.40. The van der Waals surface area contributed by atoms with Crippen molar-refractivity contribution < 1.29 is 14.3 Å². The molecule has 120 valence electrons. The number of carbonyl (C=O) groups is 1. The SMILES string of the molecule is COc1ccc2c(c1)C=C(C(=O)NCC(N)C1CC1)CO2.Cl. The van der Waals surface area contributed by atoms with Crippen LogP contribution in [0.25, 0.3) is 6.08 Å². The van der Waals surface area contributed by atoms with Gasteiger partial charge < -0.3 is 20.5 Å². The van der Waals surface area contributed by atoms with E-state index in [1.807, 2.05) is 24.3 Å². The Kier molecular flexibility index (Phi) is 5.32. The number of nitrogens with two attached hydrogens (primary N) is 1. The summed E-state index contributed by atoms with van der Waals surface area (Å²) in [5.74, 6) is 1.97. The second-order valence-electron chi connectivity index (χ2n) is 5.57. The average molecular weight is 325 g/mol. The van der Waals surface area contributed by atoms with Gasteiger partial charge in [-0.3, -0.25) is 4.79 Å². The van der Waals surface area contributed by atoms with Crippen LogP contribution in [-0.4, -0.2) is 32.2 Å². The number of benzene rings is 1. The van der Waals surface area contributed by atoms with E-state index < -0.39 is 0 Å². The topological polar surface area (TPSA) is 73.6 Å². The second kappa shape index (κ2) is 7.03. The van der Waals surface area contributed by atoms with E-state index in [9.17, 15) is 4.79 Å². The summed E-state index contributed by atoms with van der Waals surface area (Å²) in [6.07, 6.45) is 4.20. The smallest absolute Gasteiger partial charge is 0.250 e. The van der Waals surface area contributed by atoms with E-state index >= 15 is 0 Å². The van der Waals surface area contributed by atoms with Crippen molar-refractivity contribution >= 4 is 24.4 Å². The molecule has 22 heavy (non-hydrogen) atoms. The van der Waals surface area contributed by atoms with Crippen LogP contribution in [0.2, 0.25) is 0 Å². The molecule has 1 aromatic rings. The standard InChI is InChI=1S/C16H20N2O3.ClH/c1-20-13-4-5-15-11(7-13)6-12(9-21-15)16(19)18-8-14(17)10-2-3-10;/h4-7,10,14H,2-3,8-9,17H2,1H3,(H,18,19);1H. The molecule has 2 aliphatic rings. The molecule has 1 unspecified atom stereocenters. The Hall–Kier alpha value is -1.72. The van der Waals surface area contributed by atoms with Gasteiger partial charge >= 0.3 is 0 Å². The van der Waals surface area contributed by atoms with Crippen molar-refractivity contribution in [2.24, 2.45) is 11.7 Å². The highest BCUT2D eigenvalue weighted by atomic mass is 35.5. The van der Waals surface area contributed by atoms with Crippen LogP contribution in [0.5, 0.6) is 11.5 Å². The summed E-state index contributed by atoms with van der Waals surface area (Å²) in [5.41, 5.74) is 7.46. The van der Waals surface area contributed by atoms with Crippen LogP contribution in [0.3, 0.4) is 0 Å². The summed E-state index contributed by atoms with van der Waals surface area (Å²) in [6, 6.07) is 5.61. The number of carbonyl (C=O) groups excluding carboxylic acids is 1. The van der Waals surface area contributed by atoms with Crippen molar-refractivity contribution in [2.75, 3.05) is 20.3 Å². The number of hydrogen-bond acceptors (Lipinski definition) is 4. The highest BCUT2D eigenvalue weighted by Crippen LogP contribution is 2.31. The summed E-state index contributed by atoms with van der Waals surface area (Å²) >= 11 is 0. The number of halogens is 1. The normalized spacial score (nSPS) is 17.3. The molecule has 0 aromatic heterocycles. The first-order valence-electron chi connectivity index (χ1n) is 7.22. The van der Waals surface area contributed by atoms with Crippen molar-refractivity contribution in [3.8, 4) is 11.5 Å². The van der Waals surface area contributed by atoms with E-state index in [-0.39, 0.29) is 31.0 Å². The van der Waals surface area contributed by atoms with E-state index in [1.165, 1.54) is 12.8 Å². The molecule has 1 aliphatic carbocycles. The van der Waals surface area contributed by atoms with Crippen molar-refractivity contribution in [1.29, 1.82) is 0 Å². The number of nitrogens with one attached hydrogen (secondary N) is 1. The van der Waals surface area contributed by atoms with E-state index in [2.05, 4.69) is 5.32 Å². The Labute approximate surface area is 136 Å². The van der Waals surface area contributed by atoms with Crippen molar-refractivity contribution in [3.05, 3.63) is 29.3 Å². The third-order valence-electron chi connectivity index (χ3n) is 3.95. The molecule has 1 aromatic carbocycles. The molecule has 0 bridgehead atoms. The molecular formula is C16H21ClN2O3. The Balaban J connectivity index is 0.00000176. The Morgan fingerprint density at radius 2 is 2.27 bits per heavy atom. The summed E-state index contributed by atoms with van der Waals surface area (Å²) in [4.78, 5) is 12.2. The predicted octanol–water partition coefficient (Wildman–Crippen LogP) is 1.75. The second-order valence-corrected chi connectivity index (χ2v) is 5.57. The zero-order valence-corrected chi connectivity index (χ0v) is 13.3. The molecule has 1 fully saturated rings. The number of methoxy groups -OCH3 is 1. The Bertz CT molecular complexity index is 585. The van der Waals surface area contributed by atoms with Gasteiger partial charge in [0.05, 0.1) is 12.7 Å². The van der Waals surface area contributed by atoms with Gasteiger partial charge in [-0.1, -0.05) is 0 Å². The van der Waals surface area contributed by atoms with E-state index in [1.54, 1.807) is 7.11 Å². The Morgan fingerprint density at radius 3 is 2.95 bits per heavy atom. The van der Waals surface area contributed by atoms with Crippen LogP contribution in [-0.2, 0) is 4.79 Å². The number of rotatable bonds is 5. The first-order valence-corrected chi connectivity index (χ1v) is 7.22. The molecule has 1 atom stereocenters. The Morgan fingerprint density at radius 1 is 1.50 bits per heavy atom. The fourth-order valence-electron chi connectivity index (χ4n) is 2.43. The maximum absolute atomic E-state index is 12.2. The molecular weight excluding hydrogens is 304 g/mol. The number of fused-ring (bicyclic) bond motifs is 1. The largest absolute Gasteiger partial charge is 0.497 e. The van der Waals surface area contributed by atoms with Crippen LogP contribution < -0.4 is 20.5 Å². The summed E-state index contributed by atoms with van der Waals surface area (Å²) in [6.45, 7) is 0.801. The van der Waals surface area contributed by atoms with Crippen molar-refractivity contribution in [2.45, 2.75) is 18.9 Å². The molecule has 1 aliphatic heterocycles. The zero-order chi connectivity index (χ0) is 14.8. The molecule has 3 rings (SSSR count). The third-order valence-corrected chi connectivity index (χ3v) is 3.95. The molecule has 0 saturated heterocycles. The maximum Gasteiger partial charge on any atom is 0.250 e. The molecule has 1 saturated carbocycles. The van der Waals surface area contributed by atoms with Gasteiger partial charge in [-0.15, -0.1) is 12.4 Å². The minimum absolute atomic E-state index is 0. The lowest BCUT2D eigenvalue weighted by atomic mass is 10.1. The lowest BCUT2D eigenvalue weighted by molar-refractivity contribution is -0.117. The van der Waals surface area contributed by atoms with E-state index in [0.717, 1.165) is 17.1 Å². The van der Waals surface area contributed by atoms with Crippen LogP contribution in [0.15, 0.2) is 23.8 Å². The van der Waals surface area contributed by atoms with Gasteiger partial charge in [-0.05, 0) is 43.0 Å². The molecule has 3 N–H and O–H groups in total. The van der Waals surface area contributed by atoms with Gasteiger partial charge in [0.25, 0.3) is 5.91 Å². The first-order chi connectivity index (χ1) is 10.2. The molecule has 1 heterocycles. The van der Waals surface area contributed by atoms with Gasteiger partial charge in [0.1, 0.15) is 18.1 Å². The molecule has 0 radical (unpaired) electrons. The monoisotopic (exact) mass is 324 g/mol. The fourth-order valence-corrected chi connectivity index (χ4v) is 2.43. The quantitative estimate of drug-likeness (QED) is 0.865. The van der Waals surface area contributed by atoms with Gasteiger partial charge in [0.15, 0.2) is 0 Å². The minimum Gasteiger partial charge on any atom is -0.497 e. The highest BCUT2D eigenvalue weighted by Gasteiger charge is 2.29. The summed E-state index contributed by atoms with van der Waals surface area (Å²) in [7, 11) is 1.61. The first kappa shape index (κ1) is 16.6. The number of amides is 1. The molecule has 5 nitrogen and oxygen atoms in total. The van der Waals surface area contributed by atoms with Gasteiger partial charge in [0, 0.05) is 18.2 Å². The highest BCUT2D eigenvalue weighted by molar-refractivity contribution is 5.99. The minimum atomic E-state index is -0.112. The third kappa shape index (κ3) is 3.72. The van der Waals surface area contributed by atoms with Crippen LogP contribution in [0.4, 0.5) is 0 Å². The predicted molar refractivity (Wildman–Crippen MR) is 87.4 cm³/mol. The van der Waals surface area contributed by atoms with Crippen LogP contribution >= 0.6 is 12.4 Å². The van der Waals surface area contributed by atoms with Gasteiger partial charge in [0.2, 0.25) is 0 Å².